The Labute approximate surface area is 116 Å². The van der Waals surface area contributed by atoms with Crippen molar-refractivity contribution in [3.05, 3.63) is 62.9 Å². The number of benzene rings is 1. The van der Waals surface area contributed by atoms with E-state index in [9.17, 15) is 14.9 Å². The van der Waals surface area contributed by atoms with Crippen molar-refractivity contribution >= 4 is 33.2 Å². The van der Waals surface area contributed by atoms with Crippen LogP contribution in [0.2, 0.25) is 0 Å². The summed E-state index contributed by atoms with van der Waals surface area (Å²) in [6.45, 7) is 0. The monoisotopic (exact) mass is 321 g/mol. The standard InChI is InChI=1S/C12H8BrN3O3/c13-11-7-8(5-6-14-11)12(17)15-9-3-1-2-4-10(9)16(18)19/h1-7H,(H,15,17). The van der Waals surface area contributed by atoms with Crippen molar-refractivity contribution in [1.82, 2.24) is 4.98 Å². The van der Waals surface area contributed by atoms with E-state index in [-0.39, 0.29) is 11.4 Å². The Morgan fingerprint density at radius 3 is 2.74 bits per heavy atom. The highest BCUT2D eigenvalue weighted by Crippen LogP contribution is 2.23. The average molecular weight is 322 g/mol. The Balaban J connectivity index is 2.27. The fourth-order valence-corrected chi connectivity index (χ4v) is 1.84. The number of pyridine rings is 1. The predicted octanol–water partition coefficient (Wildman–Crippen LogP) is 3.00. The molecule has 96 valence electrons. The van der Waals surface area contributed by atoms with Gasteiger partial charge in [0, 0.05) is 17.8 Å². The van der Waals surface area contributed by atoms with Gasteiger partial charge in [-0.1, -0.05) is 12.1 Å². The van der Waals surface area contributed by atoms with E-state index in [0.717, 1.165) is 0 Å². The van der Waals surface area contributed by atoms with Crippen molar-refractivity contribution in [2.75, 3.05) is 5.32 Å². The Hall–Kier alpha value is -2.28. The first-order valence-electron chi connectivity index (χ1n) is 5.24. The number of nitrogens with zero attached hydrogens (tertiary/aromatic N) is 2. The summed E-state index contributed by atoms with van der Waals surface area (Å²) in [6.07, 6.45) is 1.47. The molecule has 1 N–H and O–H groups in total. The number of rotatable bonds is 3. The first-order valence-corrected chi connectivity index (χ1v) is 6.03. The van der Waals surface area contributed by atoms with E-state index in [1.54, 1.807) is 6.07 Å². The van der Waals surface area contributed by atoms with Crippen molar-refractivity contribution < 1.29 is 9.72 Å². The molecule has 1 heterocycles. The number of anilines is 1. The number of nitro benzene ring substituents is 1. The van der Waals surface area contributed by atoms with Gasteiger partial charge in [-0.2, -0.15) is 0 Å². The molecule has 1 aromatic heterocycles. The van der Waals surface area contributed by atoms with E-state index < -0.39 is 10.8 Å². The van der Waals surface area contributed by atoms with Crippen LogP contribution in [0.1, 0.15) is 10.4 Å². The van der Waals surface area contributed by atoms with Crippen molar-refractivity contribution in [2.24, 2.45) is 0 Å². The van der Waals surface area contributed by atoms with Crippen LogP contribution in [-0.2, 0) is 0 Å². The highest BCUT2D eigenvalue weighted by atomic mass is 79.9. The molecule has 2 aromatic rings. The van der Waals surface area contributed by atoms with Crippen LogP contribution in [0, 0.1) is 10.1 Å². The van der Waals surface area contributed by atoms with Gasteiger partial charge in [-0.3, -0.25) is 14.9 Å². The zero-order chi connectivity index (χ0) is 13.8. The quantitative estimate of drug-likeness (QED) is 0.535. The Bertz CT molecular complexity index is 646. The van der Waals surface area contributed by atoms with Crippen LogP contribution in [0.3, 0.4) is 0 Å². The highest BCUT2D eigenvalue weighted by Gasteiger charge is 2.15. The maximum Gasteiger partial charge on any atom is 0.292 e. The van der Waals surface area contributed by atoms with E-state index in [4.69, 9.17) is 0 Å². The number of amides is 1. The minimum Gasteiger partial charge on any atom is -0.316 e. The van der Waals surface area contributed by atoms with Crippen LogP contribution in [0.25, 0.3) is 0 Å². The molecule has 1 aromatic carbocycles. The van der Waals surface area contributed by atoms with E-state index in [1.165, 1.54) is 36.5 Å². The number of nitrogens with one attached hydrogen (secondary N) is 1. The number of aromatic nitrogens is 1. The number of hydrogen-bond acceptors (Lipinski definition) is 4. The average Bonchev–Trinajstić information content (AvgIpc) is 2.39. The number of nitro groups is 1. The Morgan fingerprint density at radius 2 is 2.05 bits per heavy atom. The number of carbonyl (C=O) groups excluding carboxylic acids is 1. The van der Waals surface area contributed by atoms with E-state index >= 15 is 0 Å². The summed E-state index contributed by atoms with van der Waals surface area (Å²) in [5.74, 6) is -0.433. The molecule has 1 amide bonds. The van der Waals surface area contributed by atoms with Gasteiger partial charge in [0.05, 0.1) is 4.92 Å². The van der Waals surface area contributed by atoms with Gasteiger partial charge in [0.1, 0.15) is 10.3 Å². The summed E-state index contributed by atoms with van der Waals surface area (Å²) < 4.78 is 0.516. The molecule has 7 heteroatoms. The van der Waals surface area contributed by atoms with Crippen LogP contribution < -0.4 is 5.32 Å². The van der Waals surface area contributed by atoms with Gasteiger partial charge in [0.2, 0.25) is 0 Å². The Morgan fingerprint density at radius 1 is 1.32 bits per heavy atom. The van der Waals surface area contributed by atoms with E-state index in [2.05, 4.69) is 26.2 Å². The molecule has 0 saturated heterocycles. The lowest BCUT2D eigenvalue weighted by Crippen LogP contribution is -2.13. The predicted molar refractivity (Wildman–Crippen MR) is 73.0 cm³/mol. The van der Waals surface area contributed by atoms with Crippen LogP contribution in [-0.4, -0.2) is 15.8 Å². The summed E-state index contributed by atoms with van der Waals surface area (Å²) in [6, 6.07) is 9.02. The molecule has 2 rings (SSSR count). The lowest BCUT2D eigenvalue weighted by Gasteiger charge is -2.05. The second kappa shape index (κ2) is 5.57. The fraction of sp³-hybridized carbons (Fsp3) is 0. The molecule has 0 aliphatic heterocycles. The van der Waals surface area contributed by atoms with Gasteiger partial charge in [-0.05, 0) is 34.1 Å². The minimum absolute atomic E-state index is 0.149. The molecule has 0 fully saturated rings. The van der Waals surface area contributed by atoms with Crippen LogP contribution in [0.4, 0.5) is 11.4 Å². The van der Waals surface area contributed by atoms with Crippen molar-refractivity contribution in [3.63, 3.8) is 0 Å². The zero-order valence-corrected chi connectivity index (χ0v) is 11.1. The SMILES string of the molecule is O=C(Nc1ccccc1[N+](=O)[O-])c1ccnc(Br)c1. The molecule has 0 bridgehead atoms. The molecule has 0 aliphatic carbocycles. The smallest absolute Gasteiger partial charge is 0.292 e. The normalized spacial score (nSPS) is 9.95. The van der Waals surface area contributed by atoms with Gasteiger partial charge in [0.25, 0.3) is 11.6 Å². The summed E-state index contributed by atoms with van der Waals surface area (Å²) in [5.41, 5.74) is 0.370. The molecule has 0 radical (unpaired) electrons. The zero-order valence-electron chi connectivity index (χ0n) is 9.54. The first-order chi connectivity index (χ1) is 9.08. The molecule has 0 atom stereocenters. The van der Waals surface area contributed by atoms with Crippen molar-refractivity contribution in [1.29, 1.82) is 0 Å². The maximum absolute atomic E-state index is 12.0. The second-order valence-electron chi connectivity index (χ2n) is 3.60. The first kappa shape index (κ1) is 13.2. The lowest BCUT2D eigenvalue weighted by atomic mass is 10.2. The van der Waals surface area contributed by atoms with Gasteiger partial charge < -0.3 is 5.32 Å². The topological polar surface area (TPSA) is 85.1 Å². The number of carbonyl (C=O) groups is 1. The third-order valence-corrected chi connectivity index (χ3v) is 2.77. The lowest BCUT2D eigenvalue weighted by molar-refractivity contribution is -0.383. The van der Waals surface area contributed by atoms with E-state index in [1.807, 2.05) is 0 Å². The number of para-hydroxylation sites is 2. The number of hydrogen-bond donors (Lipinski definition) is 1. The second-order valence-corrected chi connectivity index (χ2v) is 4.41. The van der Waals surface area contributed by atoms with E-state index in [0.29, 0.717) is 10.2 Å². The van der Waals surface area contributed by atoms with Gasteiger partial charge >= 0.3 is 0 Å². The largest absolute Gasteiger partial charge is 0.316 e. The van der Waals surface area contributed by atoms with Crippen LogP contribution in [0.5, 0.6) is 0 Å². The molecule has 0 saturated carbocycles. The third kappa shape index (κ3) is 3.14. The summed E-state index contributed by atoms with van der Waals surface area (Å²) >= 11 is 3.15. The van der Waals surface area contributed by atoms with Gasteiger partial charge in [0.15, 0.2) is 0 Å². The van der Waals surface area contributed by atoms with Crippen molar-refractivity contribution in [3.8, 4) is 0 Å². The molecule has 0 spiro atoms. The van der Waals surface area contributed by atoms with Gasteiger partial charge in [-0.15, -0.1) is 0 Å². The third-order valence-electron chi connectivity index (χ3n) is 2.34. The molecule has 0 unspecified atom stereocenters. The van der Waals surface area contributed by atoms with Crippen LogP contribution in [0.15, 0.2) is 47.2 Å². The fourth-order valence-electron chi connectivity index (χ4n) is 1.48. The molecule has 6 nitrogen and oxygen atoms in total. The summed E-state index contributed by atoms with van der Waals surface area (Å²) in [5, 5.41) is 13.3. The summed E-state index contributed by atoms with van der Waals surface area (Å²) in [4.78, 5) is 26.1. The molecule has 0 aliphatic rings. The maximum atomic E-state index is 12.0. The summed E-state index contributed by atoms with van der Waals surface area (Å²) in [7, 11) is 0. The molecule has 19 heavy (non-hydrogen) atoms. The Kier molecular flexibility index (Phi) is 3.86. The van der Waals surface area contributed by atoms with Crippen LogP contribution >= 0.6 is 15.9 Å². The van der Waals surface area contributed by atoms with Gasteiger partial charge in [-0.25, -0.2) is 4.98 Å². The highest BCUT2D eigenvalue weighted by molar-refractivity contribution is 9.10. The van der Waals surface area contributed by atoms with Crippen molar-refractivity contribution in [2.45, 2.75) is 0 Å². The number of halogens is 1. The minimum atomic E-state index is -0.544. The molecular formula is C12H8BrN3O3. The molecular weight excluding hydrogens is 314 g/mol.